The lowest BCUT2D eigenvalue weighted by Crippen LogP contribution is -2.15. The highest BCUT2D eigenvalue weighted by atomic mass is 16.6. The van der Waals surface area contributed by atoms with Crippen LogP contribution in [0.15, 0.2) is 59.8 Å². The summed E-state index contributed by atoms with van der Waals surface area (Å²) in [7, 11) is 0. The van der Waals surface area contributed by atoms with E-state index >= 15 is 0 Å². The SMILES string of the molecule is Cc1nnc(C)n1N=Cc1cn(-c2ccccc2)nc1-c1ccc2c(c1)OCCO2. The van der Waals surface area contributed by atoms with Crippen molar-refractivity contribution in [2.45, 2.75) is 13.8 Å². The van der Waals surface area contributed by atoms with Gasteiger partial charge in [0.05, 0.1) is 11.9 Å². The van der Waals surface area contributed by atoms with Crippen molar-refractivity contribution in [3.05, 3.63) is 71.9 Å². The van der Waals surface area contributed by atoms with Gasteiger partial charge in [0, 0.05) is 17.3 Å². The van der Waals surface area contributed by atoms with Crippen LogP contribution in [0.2, 0.25) is 0 Å². The van der Waals surface area contributed by atoms with Crippen molar-refractivity contribution in [3.8, 4) is 28.4 Å². The first-order chi connectivity index (χ1) is 14.7. The summed E-state index contributed by atoms with van der Waals surface area (Å²) in [5.41, 5.74) is 3.55. The lowest BCUT2D eigenvalue weighted by atomic mass is 10.1. The van der Waals surface area contributed by atoms with E-state index < -0.39 is 0 Å². The fourth-order valence-electron chi connectivity index (χ4n) is 3.36. The third-order valence-electron chi connectivity index (χ3n) is 4.84. The van der Waals surface area contributed by atoms with Crippen molar-refractivity contribution in [2.24, 2.45) is 5.10 Å². The highest BCUT2D eigenvalue weighted by Gasteiger charge is 2.17. The van der Waals surface area contributed by atoms with Gasteiger partial charge in [0.1, 0.15) is 18.9 Å². The minimum atomic E-state index is 0.537. The van der Waals surface area contributed by atoms with Gasteiger partial charge in [0.2, 0.25) is 0 Å². The molecule has 5 rings (SSSR count). The lowest BCUT2D eigenvalue weighted by Gasteiger charge is -2.18. The summed E-state index contributed by atoms with van der Waals surface area (Å²) >= 11 is 0. The third kappa shape index (κ3) is 3.32. The number of fused-ring (bicyclic) bond motifs is 1. The van der Waals surface area contributed by atoms with Gasteiger partial charge in [-0.15, -0.1) is 10.2 Å². The van der Waals surface area contributed by atoms with Crippen LogP contribution in [0.5, 0.6) is 11.5 Å². The van der Waals surface area contributed by atoms with E-state index in [9.17, 15) is 0 Å². The maximum absolute atomic E-state index is 5.75. The van der Waals surface area contributed by atoms with Crippen LogP contribution in [-0.4, -0.2) is 44.1 Å². The Balaban J connectivity index is 1.61. The van der Waals surface area contributed by atoms with Gasteiger partial charge < -0.3 is 9.47 Å². The molecule has 0 radical (unpaired) electrons. The molecule has 2 aromatic carbocycles. The largest absolute Gasteiger partial charge is 0.486 e. The highest BCUT2D eigenvalue weighted by Crippen LogP contribution is 2.35. The van der Waals surface area contributed by atoms with Crippen LogP contribution < -0.4 is 9.47 Å². The van der Waals surface area contributed by atoms with Crippen LogP contribution in [0.4, 0.5) is 0 Å². The molecule has 1 aliphatic heterocycles. The van der Waals surface area contributed by atoms with E-state index in [2.05, 4.69) is 15.3 Å². The summed E-state index contributed by atoms with van der Waals surface area (Å²) < 4.78 is 14.9. The van der Waals surface area contributed by atoms with Crippen molar-refractivity contribution in [1.82, 2.24) is 24.7 Å². The molecular weight excluding hydrogens is 380 g/mol. The molecule has 0 amide bonds. The summed E-state index contributed by atoms with van der Waals surface area (Å²) in [4.78, 5) is 0. The standard InChI is InChI=1S/C22H20N6O2/c1-15-24-25-16(2)28(15)23-13-18-14-27(19-6-4-3-5-7-19)26-22(18)17-8-9-20-21(12-17)30-11-10-29-20/h3-9,12-14H,10-11H2,1-2H3. The summed E-state index contributed by atoms with van der Waals surface area (Å²) in [6.07, 6.45) is 3.74. The number of hydrogen-bond acceptors (Lipinski definition) is 6. The van der Waals surface area contributed by atoms with Crippen molar-refractivity contribution >= 4 is 6.21 Å². The predicted octanol–water partition coefficient (Wildman–Crippen LogP) is 3.40. The Morgan fingerprint density at radius 3 is 2.43 bits per heavy atom. The van der Waals surface area contributed by atoms with Crippen LogP contribution in [-0.2, 0) is 0 Å². The van der Waals surface area contributed by atoms with Crippen molar-refractivity contribution in [3.63, 3.8) is 0 Å². The smallest absolute Gasteiger partial charge is 0.162 e. The van der Waals surface area contributed by atoms with Gasteiger partial charge in [-0.25, -0.2) is 9.36 Å². The molecule has 150 valence electrons. The Morgan fingerprint density at radius 1 is 0.933 bits per heavy atom. The van der Waals surface area contributed by atoms with Gasteiger partial charge in [-0.05, 0) is 44.2 Å². The second-order valence-corrected chi connectivity index (χ2v) is 6.92. The van der Waals surface area contributed by atoms with Gasteiger partial charge in [0.25, 0.3) is 0 Å². The second kappa shape index (κ2) is 7.47. The minimum absolute atomic E-state index is 0.537. The average Bonchev–Trinajstić information content (AvgIpc) is 3.35. The van der Waals surface area contributed by atoms with E-state index in [0.717, 1.165) is 45.7 Å². The number of aromatic nitrogens is 5. The van der Waals surface area contributed by atoms with E-state index in [1.54, 1.807) is 10.9 Å². The molecule has 0 N–H and O–H groups in total. The Kier molecular flexibility index (Phi) is 4.51. The number of para-hydroxylation sites is 1. The van der Waals surface area contributed by atoms with Crippen LogP contribution in [0.1, 0.15) is 17.2 Å². The Bertz CT molecular complexity index is 1210. The molecule has 0 bridgehead atoms. The second-order valence-electron chi connectivity index (χ2n) is 6.92. The van der Waals surface area contributed by atoms with E-state index in [1.807, 2.05) is 73.3 Å². The molecule has 0 unspecified atom stereocenters. The number of benzene rings is 2. The summed E-state index contributed by atoms with van der Waals surface area (Å²) in [6, 6.07) is 15.8. The predicted molar refractivity (Wildman–Crippen MR) is 112 cm³/mol. The summed E-state index contributed by atoms with van der Waals surface area (Å²) in [5, 5.41) is 17.5. The molecule has 8 nitrogen and oxygen atoms in total. The number of hydrogen-bond donors (Lipinski definition) is 0. The first-order valence-electron chi connectivity index (χ1n) is 9.67. The average molecular weight is 400 g/mol. The van der Waals surface area contributed by atoms with E-state index in [-0.39, 0.29) is 0 Å². The molecule has 0 fully saturated rings. The Morgan fingerprint density at radius 2 is 1.67 bits per heavy atom. The summed E-state index contributed by atoms with van der Waals surface area (Å²) in [6.45, 7) is 4.83. The maximum atomic E-state index is 5.75. The number of ether oxygens (including phenoxy) is 2. The highest BCUT2D eigenvalue weighted by molar-refractivity contribution is 5.89. The number of aryl methyl sites for hydroxylation is 2. The van der Waals surface area contributed by atoms with Crippen LogP contribution in [0.3, 0.4) is 0 Å². The van der Waals surface area contributed by atoms with Crippen LogP contribution >= 0.6 is 0 Å². The molecule has 1 aliphatic rings. The first kappa shape index (κ1) is 18.1. The molecule has 0 saturated carbocycles. The monoisotopic (exact) mass is 400 g/mol. The molecule has 0 spiro atoms. The number of rotatable bonds is 4. The maximum Gasteiger partial charge on any atom is 0.162 e. The molecule has 4 aromatic rings. The van der Waals surface area contributed by atoms with Gasteiger partial charge in [-0.3, -0.25) is 0 Å². The molecule has 30 heavy (non-hydrogen) atoms. The topological polar surface area (TPSA) is 79.4 Å². The number of nitrogens with zero attached hydrogens (tertiary/aromatic N) is 6. The van der Waals surface area contributed by atoms with E-state index in [0.29, 0.717) is 13.2 Å². The van der Waals surface area contributed by atoms with E-state index in [1.165, 1.54) is 0 Å². The fourth-order valence-corrected chi connectivity index (χ4v) is 3.36. The molecule has 0 atom stereocenters. The Hall–Kier alpha value is -3.94. The van der Waals surface area contributed by atoms with Gasteiger partial charge >= 0.3 is 0 Å². The molecule has 0 saturated heterocycles. The zero-order valence-corrected chi connectivity index (χ0v) is 16.7. The quantitative estimate of drug-likeness (QED) is 0.491. The zero-order valence-electron chi connectivity index (χ0n) is 16.7. The minimum Gasteiger partial charge on any atom is -0.486 e. The summed E-state index contributed by atoms with van der Waals surface area (Å²) in [5.74, 6) is 2.92. The molecular formula is C22H20N6O2. The normalized spacial score (nSPS) is 13.1. The first-order valence-corrected chi connectivity index (χ1v) is 9.67. The van der Waals surface area contributed by atoms with Crippen LogP contribution in [0, 0.1) is 13.8 Å². The lowest BCUT2D eigenvalue weighted by molar-refractivity contribution is 0.171. The van der Waals surface area contributed by atoms with Gasteiger partial charge in [-0.1, -0.05) is 18.2 Å². The molecule has 2 aromatic heterocycles. The fraction of sp³-hybridized carbons (Fsp3) is 0.182. The van der Waals surface area contributed by atoms with E-state index in [4.69, 9.17) is 14.6 Å². The van der Waals surface area contributed by atoms with Crippen molar-refractivity contribution in [1.29, 1.82) is 0 Å². The van der Waals surface area contributed by atoms with Gasteiger partial charge in [0.15, 0.2) is 23.1 Å². The third-order valence-corrected chi connectivity index (χ3v) is 4.84. The Labute approximate surface area is 173 Å². The molecule has 0 aliphatic carbocycles. The van der Waals surface area contributed by atoms with Crippen LogP contribution in [0.25, 0.3) is 16.9 Å². The van der Waals surface area contributed by atoms with Crippen molar-refractivity contribution < 1.29 is 9.47 Å². The van der Waals surface area contributed by atoms with Crippen molar-refractivity contribution in [2.75, 3.05) is 13.2 Å². The van der Waals surface area contributed by atoms with Gasteiger partial charge in [-0.2, -0.15) is 10.2 Å². The molecule has 8 heteroatoms. The zero-order chi connectivity index (χ0) is 20.5. The molecule has 3 heterocycles.